The number of phenols is 2. The summed E-state index contributed by atoms with van der Waals surface area (Å²) in [6.45, 7) is 6.12. The van der Waals surface area contributed by atoms with Gasteiger partial charge in [-0.15, -0.1) is 0 Å². The van der Waals surface area contributed by atoms with E-state index in [4.69, 9.17) is 0 Å². The quantitative estimate of drug-likeness (QED) is 0.636. The highest BCUT2D eigenvalue weighted by Gasteiger charge is 2.29. The zero-order chi connectivity index (χ0) is 17.0. The van der Waals surface area contributed by atoms with Gasteiger partial charge in [0.25, 0.3) is 0 Å². The van der Waals surface area contributed by atoms with E-state index >= 15 is 0 Å². The van der Waals surface area contributed by atoms with Crippen molar-refractivity contribution in [1.29, 1.82) is 0 Å². The second-order valence-electron chi connectivity index (χ2n) is 6.41. The topological polar surface area (TPSA) is 70.3 Å². The lowest BCUT2D eigenvalue weighted by atomic mass is 9.98. The van der Waals surface area contributed by atoms with Crippen LogP contribution in [-0.4, -0.2) is 20.0 Å². The summed E-state index contributed by atoms with van der Waals surface area (Å²) < 4.78 is 1.89. The number of phenolic OH excluding ortho intramolecular Hbond substituents is 2. The molecule has 0 bridgehead atoms. The van der Waals surface area contributed by atoms with E-state index in [-0.39, 0.29) is 17.7 Å². The fourth-order valence-electron chi connectivity index (χ4n) is 3.45. The summed E-state index contributed by atoms with van der Waals surface area (Å²) in [5, 5.41) is 28.0. The third-order valence-corrected chi connectivity index (χ3v) is 4.45. The molecule has 0 saturated carbocycles. The average Bonchev–Trinajstić information content (AvgIpc) is 2.89. The first-order chi connectivity index (χ1) is 11.4. The lowest BCUT2D eigenvalue weighted by Gasteiger charge is -2.31. The van der Waals surface area contributed by atoms with Crippen molar-refractivity contribution in [1.82, 2.24) is 9.78 Å². The molecule has 0 amide bonds. The van der Waals surface area contributed by atoms with Crippen molar-refractivity contribution < 1.29 is 10.2 Å². The fraction of sp³-hybridized carbons (Fsp3) is 0.211. The fourth-order valence-corrected chi connectivity index (χ4v) is 3.45. The van der Waals surface area contributed by atoms with Gasteiger partial charge in [0.1, 0.15) is 11.5 Å². The second-order valence-corrected chi connectivity index (χ2v) is 6.41. The first-order valence-corrected chi connectivity index (χ1v) is 7.90. The zero-order valence-electron chi connectivity index (χ0n) is 13.8. The Morgan fingerprint density at radius 3 is 2.58 bits per heavy atom. The first kappa shape index (κ1) is 14.6. The number of hydrogen-bond acceptors (Lipinski definition) is 4. The number of hydrogen-bond donors (Lipinski definition) is 3. The monoisotopic (exact) mass is 321 g/mol. The van der Waals surface area contributed by atoms with E-state index in [2.05, 4.69) is 42.5 Å². The molecule has 5 nitrogen and oxygen atoms in total. The lowest BCUT2D eigenvalue weighted by molar-refractivity contribution is 0.436. The molecular formula is C19H19N3O2. The van der Waals surface area contributed by atoms with Crippen molar-refractivity contribution in [2.45, 2.75) is 26.9 Å². The average molecular weight is 321 g/mol. The number of aryl methyl sites for hydroxylation is 3. The summed E-state index contributed by atoms with van der Waals surface area (Å²) in [4.78, 5) is 0. The van der Waals surface area contributed by atoms with Crippen LogP contribution in [0, 0.1) is 20.8 Å². The Kier molecular flexibility index (Phi) is 3.06. The standard InChI is InChI=1S/C19H19N3O2/c1-10-6-11(2)18-15(7-10)16-8-12(3)21-22(16)19(20-18)14-5-4-13(23)9-17(14)24/h4-9,19-20,23-24H,1-3H3/t19-/m0/s1. The SMILES string of the molecule is Cc1cc(C)c2c(c1)-c1cc(C)nn1[C@@H](c1ccc(O)cc1O)N2. The van der Waals surface area contributed by atoms with Crippen LogP contribution < -0.4 is 5.32 Å². The maximum absolute atomic E-state index is 10.3. The van der Waals surface area contributed by atoms with E-state index in [9.17, 15) is 10.2 Å². The van der Waals surface area contributed by atoms with Crippen LogP contribution in [0.5, 0.6) is 11.5 Å². The highest BCUT2D eigenvalue weighted by molar-refractivity contribution is 5.82. The Bertz CT molecular complexity index is 959. The molecule has 3 N–H and O–H groups in total. The Morgan fingerprint density at radius 2 is 1.83 bits per heavy atom. The molecule has 0 unspecified atom stereocenters. The molecule has 2 aromatic carbocycles. The molecule has 0 fully saturated rings. The number of anilines is 1. The number of benzene rings is 2. The van der Waals surface area contributed by atoms with Crippen LogP contribution in [0.2, 0.25) is 0 Å². The minimum Gasteiger partial charge on any atom is -0.508 e. The van der Waals surface area contributed by atoms with Crippen molar-refractivity contribution in [3.05, 3.63) is 58.8 Å². The van der Waals surface area contributed by atoms with Crippen LogP contribution in [0.4, 0.5) is 5.69 Å². The van der Waals surface area contributed by atoms with E-state index in [1.54, 1.807) is 12.1 Å². The molecular weight excluding hydrogens is 302 g/mol. The van der Waals surface area contributed by atoms with Crippen LogP contribution in [0.1, 0.15) is 28.6 Å². The number of rotatable bonds is 1. The minimum atomic E-state index is -0.330. The van der Waals surface area contributed by atoms with Gasteiger partial charge in [0.15, 0.2) is 6.17 Å². The predicted octanol–water partition coefficient (Wildman–Crippen LogP) is 3.86. The Hall–Kier alpha value is -2.95. The summed E-state index contributed by atoms with van der Waals surface area (Å²) in [7, 11) is 0. The molecule has 122 valence electrons. The number of aromatic nitrogens is 2. The third kappa shape index (κ3) is 2.12. The minimum absolute atomic E-state index is 0.0381. The molecule has 0 spiro atoms. The first-order valence-electron chi connectivity index (χ1n) is 7.90. The highest BCUT2D eigenvalue weighted by Crippen LogP contribution is 2.42. The van der Waals surface area contributed by atoms with Crippen molar-refractivity contribution in [3.8, 4) is 22.8 Å². The van der Waals surface area contributed by atoms with E-state index in [0.29, 0.717) is 5.56 Å². The summed E-state index contributed by atoms with van der Waals surface area (Å²) in [5.74, 6) is 0.0796. The van der Waals surface area contributed by atoms with Crippen LogP contribution in [0.3, 0.4) is 0 Å². The lowest BCUT2D eigenvalue weighted by Crippen LogP contribution is -2.26. The molecule has 0 saturated heterocycles. The molecule has 3 aromatic rings. The normalized spacial score (nSPS) is 15.5. The summed E-state index contributed by atoms with van der Waals surface area (Å²) in [6.07, 6.45) is -0.330. The number of fused-ring (bicyclic) bond motifs is 3. The summed E-state index contributed by atoms with van der Waals surface area (Å²) in [5.41, 5.74) is 7.12. The Balaban J connectivity index is 1.95. The molecule has 1 atom stereocenters. The van der Waals surface area contributed by atoms with Crippen molar-refractivity contribution in [2.24, 2.45) is 0 Å². The van der Waals surface area contributed by atoms with Gasteiger partial charge in [0, 0.05) is 22.9 Å². The smallest absolute Gasteiger partial charge is 0.150 e. The zero-order valence-corrected chi connectivity index (χ0v) is 13.8. The van der Waals surface area contributed by atoms with Crippen molar-refractivity contribution in [3.63, 3.8) is 0 Å². The largest absolute Gasteiger partial charge is 0.508 e. The van der Waals surface area contributed by atoms with E-state index in [1.807, 2.05) is 11.6 Å². The summed E-state index contributed by atoms with van der Waals surface area (Å²) >= 11 is 0. The third-order valence-electron chi connectivity index (χ3n) is 4.45. The molecule has 0 radical (unpaired) electrons. The molecule has 0 aliphatic carbocycles. The van der Waals surface area contributed by atoms with Gasteiger partial charge < -0.3 is 15.5 Å². The van der Waals surface area contributed by atoms with Gasteiger partial charge >= 0.3 is 0 Å². The molecule has 1 aliphatic heterocycles. The van der Waals surface area contributed by atoms with Crippen LogP contribution in [-0.2, 0) is 0 Å². The van der Waals surface area contributed by atoms with Crippen LogP contribution in [0.15, 0.2) is 36.4 Å². The molecule has 1 aromatic heterocycles. The molecule has 4 rings (SSSR count). The van der Waals surface area contributed by atoms with Crippen molar-refractivity contribution in [2.75, 3.05) is 5.32 Å². The summed E-state index contributed by atoms with van der Waals surface area (Å²) in [6, 6.07) is 11.0. The van der Waals surface area contributed by atoms with Gasteiger partial charge in [-0.3, -0.25) is 0 Å². The number of nitrogens with zero attached hydrogens (tertiary/aromatic N) is 2. The number of aromatic hydroxyl groups is 2. The predicted molar refractivity (Wildman–Crippen MR) is 93.4 cm³/mol. The highest BCUT2D eigenvalue weighted by atomic mass is 16.3. The maximum Gasteiger partial charge on any atom is 0.150 e. The van der Waals surface area contributed by atoms with Crippen LogP contribution in [0.25, 0.3) is 11.3 Å². The van der Waals surface area contributed by atoms with Gasteiger partial charge in [-0.1, -0.05) is 11.6 Å². The van der Waals surface area contributed by atoms with E-state index < -0.39 is 0 Å². The Morgan fingerprint density at radius 1 is 1.04 bits per heavy atom. The van der Waals surface area contributed by atoms with Gasteiger partial charge in [-0.2, -0.15) is 5.10 Å². The van der Waals surface area contributed by atoms with Crippen molar-refractivity contribution >= 4 is 5.69 Å². The number of nitrogens with one attached hydrogen (secondary N) is 1. The van der Waals surface area contributed by atoms with E-state index in [0.717, 1.165) is 28.2 Å². The van der Waals surface area contributed by atoms with Gasteiger partial charge in [0.2, 0.25) is 0 Å². The van der Waals surface area contributed by atoms with Gasteiger partial charge in [0.05, 0.1) is 11.4 Å². The Labute approximate surface area is 140 Å². The van der Waals surface area contributed by atoms with Gasteiger partial charge in [-0.25, -0.2) is 4.68 Å². The molecule has 2 heterocycles. The van der Waals surface area contributed by atoms with Gasteiger partial charge in [-0.05, 0) is 50.6 Å². The van der Waals surface area contributed by atoms with Crippen LogP contribution >= 0.6 is 0 Å². The van der Waals surface area contributed by atoms with E-state index in [1.165, 1.54) is 11.6 Å². The molecule has 5 heteroatoms. The maximum atomic E-state index is 10.3. The molecule has 1 aliphatic rings. The molecule has 24 heavy (non-hydrogen) atoms. The second kappa shape index (κ2) is 5.03.